The topological polar surface area (TPSA) is 26.0 Å². The number of rotatable bonds is 6. The lowest BCUT2D eigenvalue weighted by Gasteiger charge is -2.32. The highest BCUT2D eigenvalue weighted by atomic mass is 15.3. The molecule has 0 bridgehead atoms. The van der Waals surface area contributed by atoms with E-state index >= 15 is 0 Å². The molecule has 4 aromatic rings. The smallest absolute Gasteiger partial charge is 0.0649 e. The number of nitrogens with zero attached hydrogens (tertiary/aromatic N) is 4. The van der Waals surface area contributed by atoms with Crippen LogP contribution in [-0.4, -0.2) is 38.9 Å². The Hall–Kier alpha value is -2.85. The van der Waals surface area contributed by atoms with Crippen LogP contribution in [0.15, 0.2) is 60.8 Å². The average molecular weight is 413 g/mol. The molecule has 0 fully saturated rings. The van der Waals surface area contributed by atoms with Crippen LogP contribution >= 0.6 is 0 Å². The number of likely N-dealkylation sites (N-methyl/N-ethyl adjacent to an activating group) is 1. The summed E-state index contributed by atoms with van der Waals surface area (Å²) in [7, 11) is 0. The maximum Gasteiger partial charge on any atom is 0.0649 e. The molecule has 4 heteroatoms. The van der Waals surface area contributed by atoms with E-state index in [1.54, 1.807) is 0 Å². The van der Waals surface area contributed by atoms with Crippen molar-refractivity contribution in [3.63, 3.8) is 0 Å². The molecule has 0 saturated heterocycles. The lowest BCUT2D eigenvalue weighted by atomic mass is 9.73. The van der Waals surface area contributed by atoms with Gasteiger partial charge in [0.15, 0.2) is 0 Å². The summed E-state index contributed by atoms with van der Waals surface area (Å²) in [5.74, 6) is 0. The molecule has 2 aromatic heterocycles. The fraction of sp³-hybridized carbons (Fsp3) is 0.370. The van der Waals surface area contributed by atoms with Crippen molar-refractivity contribution in [2.75, 3.05) is 19.6 Å². The molecule has 0 spiro atoms. The van der Waals surface area contributed by atoms with Crippen molar-refractivity contribution >= 4 is 10.9 Å². The highest BCUT2D eigenvalue weighted by molar-refractivity contribution is 5.94. The Morgan fingerprint density at radius 3 is 2.42 bits per heavy atom. The minimum absolute atomic E-state index is 0.0367. The Labute approximate surface area is 185 Å². The predicted molar refractivity (Wildman–Crippen MR) is 129 cm³/mol. The summed E-state index contributed by atoms with van der Waals surface area (Å²) in [6, 6.07) is 19.5. The number of para-hydroxylation sites is 2. The van der Waals surface area contributed by atoms with Gasteiger partial charge < -0.3 is 9.47 Å². The van der Waals surface area contributed by atoms with E-state index in [2.05, 4.69) is 103 Å². The zero-order valence-electron chi connectivity index (χ0n) is 19.1. The van der Waals surface area contributed by atoms with E-state index in [9.17, 15) is 0 Å². The monoisotopic (exact) mass is 412 g/mol. The van der Waals surface area contributed by atoms with Crippen LogP contribution in [0.2, 0.25) is 0 Å². The fourth-order valence-corrected chi connectivity index (χ4v) is 5.32. The summed E-state index contributed by atoms with van der Waals surface area (Å²) in [6.45, 7) is 13.5. The third-order valence-electron chi connectivity index (χ3n) is 6.92. The molecule has 5 rings (SSSR count). The van der Waals surface area contributed by atoms with Gasteiger partial charge in [0.2, 0.25) is 0 Å². The molecule has 0 amide bonds. The molecule has 2 aromatic carbocycles. The summed E-state index contributed by atoms with van der Waals surface area (Å²) in [6.07, 6.45) is 3.07. The standard InChI is InChI=1S/C27H32N4/c1-5-29(6-2)16-17-30-23-15-11-10-14-21(23)25-26(30)22-19-28-31(20-12-8-7-9-13-20)24(22)18-27(25,3)4/h7-15,19H,5-6,16-18H2,1-4H3. The summed E-state index contributed by atoms with van der Waals surface area (Å²) in [4.78, 5) is 2.50. The van der Waals surface area contributed by atoms with Crippen LogP contribution in [0.1, 0.15) is 39.0 Å². The van der Waals surface area contributed by atoms with Crippen LogP contribution in [0.3, 0.4) is 0 Å². The fourth-order valence-electron chi connectivity index (χ4n) is 5.32. The second-order valence-corrected chi connectivity index (χ2v) is 9.23. The minimum atomic E-state index is 0.0367. The van der Waals surface area contributed by atoms with Crippen LogP contribution < -0.4 is 0 Å². The molecule has 0 atom stereocenters. The van der Waals surface area contributed by atoms with Crippen molar-refractivity contribution in [1.82, 2.24) is 19.2 Å². The van der Waals surface area contributed by atoms with E-state index in [1.165, 1.54) is 33.4 Å². The molecule has 0 N–H and O–H groups in total. The first-order valence-electron chi connectivity index (χ1n) is 11.5. The Morgan fingerprint density at radius 1 is 0.968 bits per heavy atom. The Bertz CT molecular complexity index is 1210. The number of hydrogen-bond acceptors (Lipinski definition) is 2. The molecular weight excluding hydrogens is 380 g/mol. The van der Waals surface area contributed by atoms with Crippen LogP contribution in [0.25, 0.3) is 27.8 Å². The summed E-state index contributed by atoms with van der Waals surface area (Å²) in [5.41, 5.74) is 7.95. The van der Waals surface area contributed by atoms with Gasteiger partial charge in [-0.15, -0.1) is 0 Å². The summed E-state index contributed by atoms with van der Waals surface area (Å²) >= 11 is 0. The largest absolute Gasteiger partial charge is 0.339 e. The molecule has 1 aliphatic carbocycles. The van der Waals surface area contributed by atoms with Gasteiger partial charge in [0.25, 0.3) is 0 Å². The van der Waals surface area contributed by atoms with E-state index in [4.69, 9.17) is 5.10 Å². The first-order chi connectivity index (χ1) is 15.0. The van der Waals surface area contributed by atoms with Crippen molar-refractivity contribution in [2.24, 2.45) is 0 Å². The third-order valence-corrected chi connectivity index (χ3v) is 6.92. The Balaban J connectivity index is 1.73. The van der Waals surface area contributed by atoms with Crippen molar-refractivity contribution in [1.29, 1.82) is 0 Å². The molecule has 0 unspecified atom stereocenters. The maximum atomic E-state index is 4.86. The second-order valence-electron chi connectivity index (χ2n) is 9.23. The molecule has 0 aliphatic heterocycles. The molecule has 2 heterocycles. The van der Waals surface area contributed by atoms with E-state index < -0.39 is 0 Å². The van der Waals surface area contributed by atoms with Gasteiger partial charge in [0.05, 0.1) is 23.3 Å². The van der Waals surface area contributed by atoms with Crippen LogP contribution in [0, 0.1) is 0 Å². The van der Waals surface area contributed by atoms with Gasteiger partial charge in [0.1, 0.15) is 0 Å². The van der Waals surface area contributed by atoms with Gasteiger partial charge >= 0.3 is 0 Å². The van der Waals surface area contributed by atoms with Gasteiger partial charge in [-0.05, 0) is 48.7 Å². The van der Waals surface area contributed by atoms with Gasteiger partial charge in [-0.3, -0.25) is 0 Å². The number of benzene rings is 2. The van der Waals surface area contributed by atoms with Crippen molar-refractivity contribution in [3.05, 3.63) is 72.1 Å². The normalized spacial score (nSPS) is 14.7. The number of fused-ring (bicyclic) bond motifs is 5. The third kappa shape index (κ3) is 3.21. The van der Waals surface area contributed by atoms with Crippen LogP contribution in [0.5, 0.6) is 0 Å². The van der Waals surface area contributed by atoms with Crippen molar-refractivity contribution in [3.8, 4) is 16.9 Å². The second kappa shape index (κ2) is 7.69. The molecular formula is C27H32N4. The first kappa shape index (κ1) is 20.1. The van der Waals surface area contributed by atoms with E-state index in [-0.39, 0.29) is 5.41 Å². The van der Waals surface area contributed by atoms with Gasteiger partial charge in [-0.2, -0.15) is 5.10 Å². The molecule has 160 valence electrons. The minimum Gasteiger partial charge on any atom is -0.339 e. The van der Waals surface area contributed by atoms with Gasteiger partial charge in [0, 0.05) is 29.6 Å². The molecule has 0 radical (unpaired) electrons. The molecule has 1 aliphatic rings. The van der Waals surface area contributed by atoms with Gasteiger partial charge in [-0.1, -0.05) is 64.1 Å². The van der Waals surface area contributed by atoms with Gasteiger partial charge in [-0.25, -0.2) is 4.68 Å². The number of hydrogen-bond donors (Lipinski definition) is 0. The summed E-state index contributed by atoms with van der Waals surface area (Å²) in [5, 5.41) is 6.25. The maximum absolute atomic E-state index is 4.86. The highest BCUT2D eigenvalue weighted by Crippen LogP contribution is 2.48. The van der Waals surface area contributed by atoms with Crippen LogP contribution in [-0.2, 0) is 18.4 Å². The van der Waals surface area contributed by atoms with E-state index in [0.29, 0.717) is 0 Å². The van der Waals surface area contributed by atoms with Crippen LogP contribution in [0.4, 0.5) is 0 Å². The Morgan fingerprint density at radius 2 is 1.68 bits per heavy atom. The number of aromatic nitrogens is 3. The Kier molecular flexibility index (Phi) is 4.98. The van der Waals surface area contributed by atoms with E-state index in [0.717, 1.165) is 38.3 Å². The zero-order valence-corrected chi connectivity index (χ0v) is 19.1. The lowest BCUT2D eigenvalue weighted by molar-refractivity contribution is 0.292. The van der Waals surface area contributed by atoms with E-state index in [1.807, 2.05) is 0 Å². The zero-order chi connectivity index (χ0) is 21.6. The highest BCUT2D eigenvalue weighted by Gasteiger charge is 2.38. The van der Waals surface area contributed by atoms with Crippen molar-refractivity contribution < 1.29 is 0 Å². The molecule has 31 heavy (non-hydrogen) atoms. The SMILES string of the molecule is CCN(CC)CCn1c2c(c3ccccc31)C(C)(C)Cc1c-2cnn1-c1ccccc1. The quantitative estimate of drug-likeness (QED) is 0.408. The summed E-state index contributed by atoms with van der Waals surface area (Å²) < 4.78 is 4.70. The molecule has 4 nitrogen and oxygen atoms in total. The first-order valence-corrected chi connectivity index (χ1v) is 11.5. The average Bonchev–Trinajstić information content (AvgIpc) is 3.34. The lowest BCUT2D eigenvalue weighted by Crippen LogP contribution is -2.29. The predicted octanol–water partition coefficient (Wildman–Crippen LogP) is 5.67. The van der Waals surface area contributed by atoms with Crippen molar-refractivity contribution in [2.45, 2.75) is 46.1 Å². The molecule has 0 saturated carbocycles.